The fourth-order valence-corrected chi connectivity index (χ4v) is 1.84. The maximum Gasteiger partial charge on any atom is 0.438 e. The molecule has 0 amide bonds. The van der Waals surface area contributed by atoms with Gasteiger partial charge >= 0.3 is 47.7 Å². The Labute approximate surface area is 156 Å². The number of esters is 1. The Morgan fingerprint density at radius 1 is 0.700 bits per heavy atom. The van der Waals surface area contributed by atoms with Crippen molar-refractivity contribution < 1.29 is 75.4 Å². The van der Waals surface area contributed by atoms with E-state index in [4.69, 9.17) is 0 Å². The molecular weight excluding hydrogens is 473 g/mol. The van der Waals surface area contributed by atoms with E-state index in [0.29, 0.717) is 6.08 Å². The Bertz CT molecular complexity index is 617. The van der Waals surface area contributed by atoms with Crippen LogP contribution < -0.4 is 0 Å². The molecule has 17 heteroatoms. The molecule has 0 N–H and O–H groups in total. The summed E-state index contributed by atoms with van der Waals surface area (Å²) >= 11 is 0. The number of carbonyl (C=O) groups is 1. The van der Waals surface area contributed by atoms with Gasteiger partial charge in [0.25, 0.3) is 0 Å². The molecule has 0 bridgehead atoms. The van der Waals surface area contributed by atoms with E-state index in [9.17, 15) is 70.7 Å². The van der Waals surface area contributed by atoms with Crippen molar-refractivity contribution in [2.45, 2.75) is 54.6 Å². The maximum atomic E-state index is 13.4. The summed E-state index contributed by atoms with van der Waals surface area (Å²) in [4.78, 5) is 10.6. The van der Waals surface area contributed by atoms with Crippen molar-refractivity contribution in [1.82, 2.24) is 0 Å². The molecule has 0 fully saturated rings. The van der Waals surface area contributed by atoms with Crippen LogP contribution in [0.5, 0.6) is 0 Å². The Hall–Kier alpha value is -1.84. The molecule has 0 aliphatic rings. The highest BCUT2D eigenvalue weighted by Gasteiger charge is 2.95. The normalized spacial score (nSPS) is 15.2. The molecule has 0 aromatic carbocycles. The van der Waals surface area contributed by atoms with E-state index in [1.807, 2.05) is 0 Å². The lowest BCUT2D eigenvalue weighted by Gasteiger charge is -2.43. The molecule has 0 spiro atoms. The van der Waals surface area contributed by atoms with Crippen LogP contribution >= 0.6 is 0 Å². The van der Waals surface area contributed by atoms with E-state index < -0.39 is 67.1 Å². The third kappa shape index (κ3) is 4.29. The van der Waals surface area contributed by atoms with Crippen LogP contribution in [-0.4, -0.2) is 54.3 Å². The van der Waals surface area contributed by atoms with E-state index >= 15 is 0 Å². The van der Waals surface area contributed by atoms with E-state index in [1.54, 1.807) is 0 Å². The molecular formula is C13H9F15O2. The van der Waals surface area contributed by atoms with Crippen molar-refractivity contribution in [2.24, 2.45) is 0 Å². The molecule has 0 aliphatic carbocycles. The van der Waals surface area contributed by atoms with Gasteiger partial charge in [-0.1, -0.05) is 6.58 Å². The van der Waals surface area contributed by atoms with Crippen LogP contribution in [0, 0.1) is 0 Å². The molecule has 0 radical (unpaired) electrons. The maximum absolute atomic E-state index is 13.4. The predicted molar refractivity (Wildman–Crippen MR) is 66.1 cm³/mol. The predicted octanol–water partition coefficient (Wildman–Crippen LogP) is 5.87. The molecule has 30 heavy (non-hydrogen) atoms. The zero-order valence-electron chi connectivity index (χ0n) is 13.9. The van der Waals surface area contributed by atoms with Gasteiger partial charge in [-0.05, 0) is 6.42 Å². The second-order valence-corrected chi connectivity index (χ2v) is 5.56. The molecule has 0 rings (SSSR count). The quantitative estimate of drug-likeness (QED) is 0.178. The van der Waals surface area contributed by atoms with Crippen molar-refractivity contribution in [1.29, 1.82) is 0 Å². The Balaban J connectivity index is 6.15. The summed E-state index contributed by atoms with van der Waals surface area (Å²) in [5.74, 6) is -32.0. The average molecular weight is 482 g/mol. The molecule has 2 nitrogen and oxygen atoms in total. The number of alkyl halides is 15. The first kappa shape index (κ1) is 28.2. The summed E-state index contributed by atoms with van der Waals surface area (Å²) in [6, 6.07) is 0. The van der Waals surface area contributed by atoms with E-state index in [2.05, 4.69) is 11.3 Å². The van der Waals surface area contributed by atoms with Gasteiger partial charge in [-0.2, -0.15) is 61.5 Å². The third-order valence-electron chi connectivity index (χ3n) is 3.51. The van der Waals surface area contributed by atoms with Gasteiger partial charge in [-0.15, -0.1) is 0 Å². The first-order chi connectivity index (χ1) is 13.0. The molecule has 0 aliphatic heterocycles. The van der Waals surface area contributed by atoms with Gasteiger partial charge in [-0.3, -0.25) is 0 Å². The van der Waals surface area contributed by atoms with Crippen molar-refractivity contribution in [2.75, 3.05) is 6.61 Å². The minimum absolute atomic E-state index is 0.427. The van der Waals surface area contributed by atoms with Crippen molar-refractivity contribution in [3.8, 4) is 0 Å². The lowest BCUT2D eigenvalue weighted by atomic mass is 9.85. The summed E-state index contributed by atoms with van der Waals surface area (Å²) < 4.78 is 198. The summed E-state index contributed by atoms with van der Waals surface area (Å²) in [5, 5.41) is 0. The van der Waals surface area contributed by atoms with Crippen LogP contribution in [0.4, 0.5) is 65.9 Å². The van der Waals surface area contributed by atoms with Gasteiger partial charge < -0.3 is 4.74 Å². The Kier molecular flexibility index (Phi) is 7.52. The molecule has 0 saturated carbocycles. The fourth-order valence-electron chi connectivity index (χ4n) is 1.84. The van der Waals surface area contributed by atoms with Crippen LogP contribution in [-0.2, 0) is 9.53 Å². The standard InChI is InChI=1S/C13H9F15O2/c1-2-6(29)30-5-3-4-7(14,15)9(17,18)11(21,22)10(19,20)8(16,12(23,24)25)13(26,27)28/h2H,1,3-5H2. The number of carbonyl (C=O) groups excluding carboxylic acids is 1. The minimum atomic E-state index is -8.43. The van der Waals surface area contributed by atoms with E-state index in [1.165, 1.54) is 0 Å². The van der Waals surface area contributed by atoms with Gasteiger partial charge in [-0.25, -0.2) is 9.18 Å². The second-order valence-electron chi connectivity index (χ2n) is 5.56. The van der Waals surface area contributed by atoms with Crippen molar-refractivity contribution in [3.63, 3.8) is 0 Å². The van der Waals surface area contributed by atoms with Gasteiger partial charge in [0, 0.05) is 12.5 Å². The topological polar surface area (TPSA) is 26.3 Å². The number of hydrogen-bond donors (Lipinski definition) is 0. The first-order valence-corrected chi connectivity index (χ1v) is 7.08. The molecule has 0 atom stereocenters. The van der Waals surface area contributed by atoms with Crippen LogP contribution in [0.3, 0.4) is 0 Å². The van der Waals surface area contributed by atoms with Crippen LogP contribution in [0.1, 0.15) is 12.8 Å². The van der Waals surface area contributed by atoms with Crippen LogP contribution in [0.2, 0.25) is 0 Å². The second kappa shape index (κ2) is 8.01. The van der Waals surface area contributed by atoms with Gasteiger partial charge in [0.2, 0.25) is 0 Å². The summed E-state index contributed by atoms with van der Waals surface area (Å²) in [6.07, 6.45) is -19.5. The smallest absolute Gasteiger partial charge is 0.438 e. The first-order valence-electron chi connectivity index (χ1n) is 7.08. The summed E-state index contributed by atoms with van der Waals surface area (Å²) in [7, 11) is 0. The van der Waals surface area contributed by atoms with Gasteiger partial charge in [0.15, 0.2) is 0 Å². The molecule has 178 valence electrons. The largest absolute Gasteiger partial charge is 0.463 e. The Morgan fingerprint density at radius 2 is 1.10 bits per heavy atom. The molecule has 0 aromatic heterocycles. The number of halogens is 15. The third-order valence-corrected chi connectivity index (χ3v) is 3.51. The number of hydrogen-bond acceptors (Lipinski definition) is 2. The van der Waals surface area contributed by atoms with E-state index in [-0.39, 0.29) is 0 Å². The summed E-state index contributed by atoms with van der Waals surface area (Å²) in [5.41, 5.74) is -8.31. The Morgan fingerprint density at radius 3 is 1.43 bits per heavy atom. The molecule has 0 heterocycles. The van der Waals surface area contributed by atoms with Crippen LogP contribution in [0.25, 0.3) is 0 Å². The van der Waals surface area contributed by atoms with Gasteiger partial charge in [0.05, 0.1) is 6.61 Å². The monoisotopic (exact) mass is 482 g/mol. The van der Waals surface area contributed by atoms with Crippen molar-refractivity contribution >= 4 is 5.97 Å². The van der Waals surface area contributed by atoms with Crippen molar-refractivity contribution in [3.05, 3.63) is 12.7 Å². The number of rotatable bonds is 9. The van der Waals surface area contributed by atoms with Crippen LogP contribution in [0.15, 0.2) is 12.7 Å². The SMILES string of the molecule is C=CC(=O)OCCCC(F)(F)C(F)(F)C(F)(F)C(F)(F)C(F)(C(F)(F)F)C(F)(F)F. The van der Waals surface area contributed by atoms with E-state index in [0.717, 1.165) is 0 Å². The average Bonchev–Trinajstić information content (AvgIpc) is 2.54. The highest BCUT2D eigenvalue weighted by Crippen LogP contribution is 2.64. The molecule has 0 unspecified atom stereocenters. The zero-order chi connectivity index (χ0) is 24.6. The zero-order valence-corrected chi connectivity index (χ0v) is 13.9. The molecule has 0 aromatic rings. The lowest BCUT2D eigenvalue weighted by Crippen LogP contribution is -2.75. The number of ether oxygens (including phenoxy) is 1. The minimum Gasteiger partial charge on any atom is -0.463 e. The fraction of sp³-hybridized carbons (Fsp3) is 0.769. The summed E-state index contributed by atoms with van der Waals surface area (Å²) in [6.45, 7) is 1.58. The van der Waals surface area contributed by atoms with Gasteiger partial charge in [0.1, 0.15) is 0 Å². The lowest BCUT2D eigenvalue weighted by molar-refractivity contribution is -0.457. The highest BCUT2D eigenvalue weighted by molar-refractivity contribution is 5.81. The molecule has 0 saturated heterocycles. The highest BCUT2D eigenvalue weighted by atomic mass is 19.4.